The minimum Gasteiger partial charge on any atom is -0.350 e. The molecular weight excluding hydrogens is 761 g/mol. The van der Waals surface area contributed by atoms with Gasteiger partial charge in [0.2, 0.25) is 11.8 Å². The van der Waals surface area contributed by atoms with Gasteiger partial charge in [-0.3, -0.25) is 19.2 Å². The van der Waals surface area contributed by atoms with Gasteiger partial charge in [0.25, 0.3) is 0 Å². The number of carbonyl (C=O) groups is 3. The third-order valence-electron chi connectivity index (χ3n) is 9.84. The second-order valence-electron chi connectivity index (χ2n) is 13.9. The average Bonchev–Trinajstić information content (AvgIpc) is 3.83. The van der Waals surface area contributed by atoms with Crippen molar-refractivity contribution in [1.29, 1.82) is 0 Å². The first-order valence-corrected chi connectivity index (χ1v) is 19.3. The largest absolute Gasteiger partial charge is 0.350 e. The highest BCUT2D eigenvalue weighted by Crippen LogP contribution is 2.35. The number of anilines is 1. The summed E-state index contributed by atoms with van der Waals surface area (Å²) in [5.41, 5.74) is 9.60. The molecule has 15 heteroatoms. The molecule has 0 bridgehead atoms. The van der Waals surface area contributed by atoms with Crippen LogP contribution in [0.2, 0.25) is 10.0 Å². The van der Waals surface area contributed by atoms with Gasteiger partial charge in [0.1, 0.15) is 12.1 Å². The molecule has 0 aliphatic carbocycles. The van der Waals surface area contributed by atoms with E-state index in [0.29, 0.717) is 27.8 Å². The molecule has 1 fully saturated rings. The second kappa shape index (κ2) is 18.7. The summed E-state index contributed by atoms with van der Waals surface area (Å²) < 4.78 is 29.9. The van der Waals surface area contributed by atoms with E-state index in [0.717, 1.165) is 60.2 Å². The van der Waals surface area contributed by atoms with Gasteiger partial charge in [-0.15, -0.1) is 0 Å². The van der Waals surface area contributed by atoms with Crippen LogP contribution in [0.25, 0.3) is 10.9 Å². The lowest BCUT2D eigenvalue weighted by atomic mass is 10.0. The molecule has 5 aromatic rings. The Bertz CT molecular complexity index is 2160. The van der Waals surface area contributed by atoms with Crippen molar-refractivity contribution in [3.05, 3.63) is 129 Å². The number of hydrogen-bond acceptors (Lipinski definition) is 6. The van der Waals surface area contributed by atoms with E-state index in [2.05, 4.69) is 26.2 Å². The van der Waals surface area contributed by atoms with Gasteiger partial charge in [-0.2, -0.15) is 5.10 Å². The molecule has 1 aromatic heterocycles. The molecule has 1 aliphatic heterocycles. The summed E-state index contributed by atoms with van der Waals surface area (Å²) in [5, 5.41) is 17.9. The zero-order chi connectivity index (χ0) is 39.8. The molecule has 1 saturated heterocycles. The molecule has 0 spiro atoms. The zero-order valence-electron chi connectivity index (χ0n) is 30.8. The Morgan fingerprint density at radius 2 is 1.57 bits per heavy atom. The van der Waals surface area contributed by atoms with Crippen LogP contribution >= 0.6 is 23.2 Å². The van der Waals surface area contributed by atoms with Gasteiger partial charge in [0.15, 0.2) is 11.6 Å². The first-order valence-electron chi connectivity index (χ1n) is 18.5. The van der Waals surface area contributed by atoms with E-state index in [9.17, 15) is 23.2 Å². The van der Waals surface area contributed by atoms with Crippen LogP contribution in [0.15, 0.2) is 84.9 Å². The number of likely N-dealkylation sites (tertiary alicyclic amines) is 1. The smallest absolute Gasteiger partial charge is 0.319 e. The van der Waals surface area contributed by atoms with Crippen LogP contribution in [0.4, 0.5) is 19.3 Å². The molecule has 1 aliphatic rings. The summed E-state index contributed by atoms with van der Waals surface area (Å²) in [6.45, 7) is 4.87. The fourth-order valence-electron chi connectivity index (χ4n) is 6.93. The second-order valence-corrected chi connectivity index (χ2v) is 14.7. The summed E-state index contributed by atoms with van der Waals surface area (Å²) in [7, 11) is 0. The van der Waals surface area contributed by atoms with Gasteiger partial charge in [0.05, 0.1) is 17.3 Å². The van der Waals surface area contributed by atoms with Crippen LogP contribution < -0.4 is 27.0 Å². The van der Waals surface area contributed by atoms with Gasteiger partial charge in [-0.05, 0) is 99.4 Å². The van der Waals surface area contributed by atoms with Crippen LogP contribution in [-0.4, -0.2) is 64.2 Å². The quantitative estimate of drug-likeness (QED) is 0.0796. The number of hydrogen-bond donors (Lipinski definition) is 5. The number of nitrogens with zero attached hydrogens (tertiary/aromatic N) is 3. The van der Waals surface area contributed by atoms with Gasteiger partial charge in [0, 0.05) is 46.2 Å². The van der Waals surface area contributed by atoms with Crippen molar-refractivity contribution in [2.75, 3.05) is 25.0 Å². The predicted molar refractivity (Wildman–Crippen MR) is 214 cm³/mol. The summed E-state index contributed by atoms with van der Waals surface area (Å²) in [5.74, 6) is -3.34. The Morgan fingerprint density at radius 3 is 2.27 bits per heavy atom. The molecule has 0 radical (unpaired) electrons. The lowest BCUT2D eigenvalue weighted by Gasteiger charge is -2.23. The van der Waals surface area contributed by atoms with Crippen LogP contribution in [0.5, 0.6) is 0 Å². The molecule has 11 nitrogen and oxygen atoms in total. The topological polar surface area (TPSA) is 146 Å². The van der Waals surface area contributed by atoms with Crippen molar-refractivity contribution < 1.29 is 23.2 Å². The fraction of sp³-hybridized carbons (Fsp3) is 0.317. The van der Waals surface area contributed by atoms with Crippen molar-refractivity contribution in [1.82, 2.24) is 30.6 Å². The molecule has 1 unspecified atom stereocenters. The van der Waals surface area contributed by atoms with E-state index in [-0.39, 0.29) is 37.5 Å². The molecule has 4 aromatic carbocycles. The lowest BCUT2D eigenvalue weighted by Crippen LogP contribution is -2.55. The number of nitrogens with two attached hydrogens (primary N) is 1. The highest BCUT2D eigenvalue weighted by Gasteiger charge is 2.28. The number of halogens is 4. The van der Waals surface area contributed by atoms with E-state index in [1.165, 1.54) is 6.07 Å². The molecule has 6 N–H and O–H groups in total. The third kappa shape index (κ3) is 10.0. The van der Waals surface area contributed by atoms with Gasteiger partial charge in [-0.25, -0.2) is 13.6 Å². The fourth-order valence-corrected chi connectivity index (χ4v) is 7.64. The summed E-state index contributed by atoms with van der Waals surface area (Å²) >= 11 is 13.3. The first kappa shape index (κ1) is 40.6. The van der Waals surface area contributed by atoms with Crippen molar-refractivity contribution >= 4 is 57.6 Å². The van der Waals surface area contributed by atoms with E-state index in [1.54, 1.807) is 30.3 Å². The molecule has 4 amide bonds. The molecule has 56 heavy (non-hydrogen) atoms. The van der Waals surface area contributed by atoms with Crippen molar-refractivity contribution in [2.45, 2.75) is 63.8 Å². The van der Waals surface area contributed by atoms with Crippen LogP contribution in [0.1, 0.15) is 54.6 Å². The van der Waals surface area contributed by atoms with Crippen LogP contribution in [0, 0.1) is 11.6 Å². The monoisotopic (exact) mass is 804 g/mol. The van der Waals surface area contributed by atoms with Gasteiger partial charge >= 0.3 is 6.03 Å². The predicted octanol–water partition coefficient (Wildman–Crippen LogP) is 6.71. The summed E-state index contributed by atoms with van der Waals surface area (Å²) in [6.07, 6.45) is 2.15. The summed E-state index contributed by atoms with van der Waals surface area (Å²) in [6, 6.07) is 19.8. The third-order valence-corrected chi connectivity index (χ3v) is 10.5. The maximum Gasteiger partial charge on any atom is 0.319 e. The van der Waals surface area contributed by atoms with E-state index >= 15 is 0 Å². The van der Waals surface area contributed by atoms with Crippen molar-refractivity contribution in [2.24, 2.45) is 5.73 Å². The van der Waals surface area contributed by atoms with Gasteiger partial charge in [-0.1, -0.05) is 65.7 Å². The molecule has 6 rings (SSSR count). The Labute approximate surface area is 333 Å². The average molecular weight is 806 g/mol. The highest BCUT2D eigenvalue weighted by molar-refractivity contribution is 6.36. The number of aromatic nitrogens is 2. The number of urea groups is 1. The number of fused-ring (bicyclic) bond motifs is 1. The maximum atomic E-state index is 14.2. The van der Waals surface area contributed by atoms with Crippen LogP contribution in [0.3, 0.4) is 0 Å². The molecular formula is C41H44Cl2F2N8O3. The molecule has 2 heterocycles. The number of carbonyl (C=O) groups excluding carboxylic acids is 3. The lowest BCUT2D eigenvalue weighted by molar-refractivity contribution is -0.130. The Morgan fingerprint density at radius 1 is 0.839 bits per heavy atom. The normalized spacial score (nSPS) is 14.6. The van der Waals surface area contributed by atoms with E-state index in [1.807, 2.05) is 48.0 Å². The standard InChI is InChI=1S/C41H44Cl2F2N8O3/c1-25(38-30(42)10-7-11-31(38)43)53-37-22-28(13-14-29(37)36(51-53)24-52-18-5-6-19-52)48-41(56)50-35(21-27-12-15-32(44)33(45)20-27)40(55)49-34(16-17-46)39(54)47-23-26-8-3-2-4-9-26/h2-4,7-15,20,22,25,34-35H,5-6,16-19,21,23-24,46H2,1H3,(H,47,54)(H,49,55)(H2,48,50,56)/t25?,34-,35-/m0/s1. The zero-order valence-corrected chi connectivity index (χ0v) is 32.3. The highest BCUT2D eigenvalue weighted by atomic mass is 35.5. The molecule has 0 saturated carbocycles. The Balaban J connectivity index is 1.24. The molecule has 3 atom stereocenters. The van der Waals surface area contributed by atoms with Gasteiger partial charge < -0.3 is 27.0 Å². The number of amides is 4. The van der Waals surface area contributed by atoms with E-state index in [4.69, 9.17) is 34.0 Å². The van der Waals surface area contributed by atoms with Crippen molar-refractivity contribution in [3.8, 4) is 0 Å². The van der Waals surface area contributed by atoms with Crippen LogP contribution in [-0.2, 0) is 29.1 Å². The molecule has 294 valence electrons. The summed E-state index contributed by atoms with van der Waals surface area (Å²) in [4.78, 5) is 43.0. The van der Waals surface area contributed by atoms with Crippen molar-refractivity contribution in [3.63, 3.8) is 0 Å². The minimum absolute atomic E-state index is 0.0889. The number of rotatable bonds is 15. The Kier molecular flexibility index (Phi) is 13.6. The number of nitrogens with one attached hydrogen (secondary N) is 4. The number of benzene rings is 4. The minimum atomic E-state index is -1.30. The van der Waals surface area contributed by atoms with E-state index < -0.39 is 41.6 Å². The SMILES string of the molecule is CC(c1c(Cl)cccc1Cl)n1nc(CN2CCCC2)c2ccc(NC(=O)N[C@@H](Cc3ccc(F)c(F)c3)C(=O)N[C@@H](CCN)C(=O)NCc3ccccc3)cc21. The first-order chi connectivity index (χ1) is 27.0. The maximum absolute atomic E-state index is 14.2. The Hall–Kier alpha value is -5.08.